The van der Waals surface area contributed by atoms with Crippen molar-refractivity contribution in [3.63, 3.8) is 0 Å². The lowest BCUT2D eigenvalue weighted by atomic mass is 9.89. The molecule has 5 N–H and O–H groups in total. The SMILES string of the molecule is CC(C)COc1cccc(C2NNC(C)C2C(=O)NN)c1. The minimum atomic E-state index is -0.268. The number of hydrogen-bond acceptors (Lipinski definition) is 5. The summed E-state index contributed by atoms with van der Waals surface area (Å²) in [6.45, 7) is 6.83. The van der Waals surface area contributed by atoms with Crippen molar-refractivity contribution in [2.75, 3.05) is 6.61 Å². The van der Waals surface area contributed by atoms with Gasteiger partial charge in [0.15, 0.2) is 0 Å². The first-order valence-electron chi connectivity index (χ1n) is 7.27. The van der Waals surface area contributed by atoms with E-state index in [0.29, 0.717) is 12.5 Å². The molecular formula is C15H24N4O2. The third-order valence-electron chi connectivity index (χ3n) is 3.61. The van der Waals surface area contributed by atoms with Crippen LogP contribution in [-0.2, 0) is 4.79 Å². The first kappa shape index (κ1) is 15.8. The van der Waals surface area contributed by atoms with E-state index in [-0.39, 0.29) is 23.9 Å². The van der Waals surface area contributed by atoms with Gasteiger partial charge in [-0.2, -0.15) is 0 Å². The normalized spacial score (nSPS) is 25.1. The van der Waals surface area contributed by atoms with Crippen molar-refractivity contribution in [3.05, 3.63) is 29.8 Å². The molecule has 0 bridgehead atoms. The van der Waals surface area contributed by atoms with Gasteiger partial charge in [-0.1, -0.05) is 26.0 Å². The molecule has 1 saturated heterocycles. The molecule has 1 aliphatic heterocycles. The molecule has 116 valence electrons. The minimum Gasteiger partial charge on any atom is -0.493 e. The number of hydrogen-bond donors (Lipinski definition) is 4. The van der Waals surface area contributed by atoms with Gasteiger partial charge in [0.05, 0.1) is 18.6 Å². The second kappa shape index (κ2) is 6.89. The van der Waals surface area contributed by atoms with Crippen molar-refractivity contribution in [3.8, 4) is 5.75 Å². The smallest absolute Gasteiger partial charge is 0.240 e. The fourth-order valence-corrected chi connectivity index (χ4v) is 2.52. The van der Waals surface area contributed by atoms with Crippen molar-refractivity contribution in [1.82, 2.24) is 16.3 Å². The van der Waals surface area contributed by atoms with Crippen LogP contribution in [-0.4, -0.2) is 18.6 Å². The van der Waals surface area contributed by atoms with Crippen LogP contribution >= 0.6 is 0 Å². The van der Waals surface area contributed by atoms with Crippen LogP contribution in [0.1, 0.15) is 32.4 Å². The molecule has 1 amide bonds. The van der Waals surface area contributed by atoms with Gasteiger partial charge in [0.1, 0.15) is 5.75 Å². The van der Waals surface area contributed by atoms with E-state index >= 15 is 0 Å². The van der Waals surface area contributed by atoms with E-state index in [1.54, 1.807) is 0 Å². The fourth-order valence-electron chi connectivity index (χ4n) is 2.52. The van der Waals surface area contributed by atoms with E-state index < -0.39 is 0 Å². The average molecular weight is 292 g/mol. The van der Waals surface area contributed by atoms with Gasteiger partial charge < -0.3 is 4.74 Å². The molecule has 1 aliphatic rings. The zero-order valence-corrected chi connectivity index (χ0v) is 12.7. The Bertz CT molecular complexity index is 492. The van der Waals surface area contributed by atoms with E-state index in [1.807, 2.05) is 31.2 Å². The molecule has 1 aromatic rings. The van der Waals surface area contributed by atoms with E-state index in [4.69, 9.17) is 10.6 Å². The summed E-state index contributed by atoms with van der Waals surface area (Å²) in [7, 11) is 0. The average Bonchev–Trinajstić information content (AvgIpc) is 2.86. The molecule has 0 spiro atoms. The molecule has 6 heteroatoms. The summed E-state index contributed by atoms with van der Waals surface area (Å²) in [6, 6.07) is 7.68. The van der Waals surface area contributed by atoms with Crippen LogP contribution in [0.3, 0.4) is 0 Å². The molecule has 21 heavy (non-hydrogen) atoms. The van der Waals surface area contributed by atoms with Gasteiger partial charge in [-0.25, -0.2) is 11.3 Å². The number of nitrogens with one attached hydrogen (secondary N) is 3. The molecule has 1 aromatic carbocycles. The highest BCUT2D eigenvalue weighted by Gasteiger charge is 2.39. The zero-order chi connectivity index (χ0) is 15.4. The Hall–Kier alpha value is -1.63. The quantitative estimate of drug-likeness (QED) is 0.367. The number of rotatable bonds is 5. The maximum Gasteiger partial charge on any atom is 0.240 e. The molecule has 0 radical (unpaired) electrons. The van der Waals surface area contributed by atoms with Crippen molar-refractivity contribution < 1.29 is 9.53 Å². The summed E-state index contributed by atoms with van der Waals surface area (Å²) >= 11 is 0. The van der Waals surface area contributed by atoms with Crippen molar-refractivity contribution >= 4 is 5.91 Å². The largest absolute Gasteiger partial charge is 0.493 e. The summed E-state index contributed by atoms with van der Waals surface area (Å²) in [5.74, 6) is 6.12. The third kappa shape index (κ3) is 3.72. The molecule has 0 aliphatic carbocycles. The standard InChI is InChI=1S/C15H24N4O2/c1-9(2)8-21-12-6-4-5-11(7-12)14-13(15(20)17-16)10(3)18-19-14/h4-7,9-10,13-14,18-19H,8,16H2,1-3H3,(H,17,20). The lowest BCUT2D eigenvalue weighted by Gasteiger charge is -2.20. The molecular weight excluding hydrogens is 268 g/mol. The molecule has 6 nitrogen and oxygen atoms in total. The highest BCUT2D eigenvalue weighted by atomic mass is 16.5. The van der Waals surface area contributed by atoms with Crippen LogP contribution in [0.5, 0.6) is 5.75 Å². The van der Waals surface area contributed by atoms with Gasteiger partial charge in [0.2, 0.25) is 5.91 Å². The molecule has 3 unspecified atom stereocenters. The molecule has 0 aromatic heterocycles. The Morgan fingerprint density at radius 2 is 2.19 bits per heavy atom. The Balaban J connectivity index is 2.16. The predicted molar refractivity (Wildman–Crippen MR) is 81.1 cm³/mol. The minimum absolute atomic E-state index is 0.00112. The Kier molecular flexibility index (Phi) is 5.17. The molecule has 1 fully saturated rings. The number of amides is 1. The maximum absolute atomic E-state index is 12.0. The van der Waals surface area contributed by atoms with Crippen LogP contribution < -0.4 is 26.9 Å². The van der Waals surface area contributed by atoms with Crippen molar-refractivity contribution in [2.45, 2.75) is 32.9 Å². The number of benzene rings is 1. The number of carbonyl (C=O) groups is 1. The second-order valence-electron chi connectivity index (χ2n) is 5.87. The first-order chi connectivity index (χ1) is 10.0. The maximum atomic E-state index is 12.0. The van der Waals surface area contributed by atoms with Crippen LogP contribution in [0.4, 0.5) is 0 Å². The van der Waals surface area contributed by atoms with Gasteiger partial charge in [-0.05, 0) is 30.5 Å². The van der Waals surface area contributed by atoms with Crippen LogP contribution in [0, 0.1) is 11.8 Å². The zero-order valence-electron chi connectivity index (χ0n) is 12.7. The summed E-state index contributed by atoms with van der Waals surface area (Å²) in [6.07, 6.45) is 0. The van der Waals surface area contributed by atoms with E-state index in [1.165, 1.54) is 0 Å². The lowest BCUT2D eigenvalue weighted by molar-refractivity contribution is -0.125. The predicted octanol–water partition coefficient (Wildman–Crippen LogP) is 0.865. The second-order valence-corrected chi connectivity index (χ2v) is 5.87. The van der Waals surface area contributed by atoms with Gasteiger partial charge >= 0.3 is 0 Å². The Morgan fingerprint density at radius 3 is 2.86 bits per heavy atom. The monoisotopic (exact) mass is 292 g/mol. The van der Waals surface area contributed by atoms with Gasteiger partial charge in [0.25, 0.3) is 0 Å². The van der Waals surface area contributed by atoms with Gasteiger partial charge in [0, 0.05) is 6.04 Å². The van der Waals surface area contributed by atoms with Crippen molar-refractivity contribution in [2.24, 2.45) is 17.7 Å². The van der Waals surface area contributed by atoms with Gasteiger partial charge in [-0.3, -0.25) is 15.6 Å². The Labute approximate surface area is 125 Å². The Morgan fingerprint density at radius 1 is 1.43 bits per heavy atom. The summed E-state index contributed by atoms with van der Waals surface area (Å²) in [5.41, 5.74) is 9.50. The van der Waals surface area contributed by atoms with E-state index in [9.17, 15) is 4.79 Å². The topological polar surface area (TPSA) is 88.4 Å². The van der Waals surface area contributed by atoms with E-state index in [2.05, 4.69) is 30.1 Å². The van der Waals surface area contributed by atoms with Crippen LogP contribution in [0.2, 0.25) is 0 Å². The fraction of sp³-hybridized carbons (Fsp3) is 0.533. The molecule has 3 atom stereocenters. The van der Waals surface area contributed by atoms with Crippen LogP contribution in [0.25, 0.3) is 0 Å². The summed E-state index contributed by atoms with van der Waals surface area (Å²) in [5, 5.41) is 0. The highest BCUT2D eigenvalue weighted by molar-refractivity contribution is 5.80. The third-order valence-corrected chi connectivity index (χ3v) is 3.61. The van der Waals surface area contributed by atoms with Crippen molar-refractivity contribution in [1.29, 1.82) is 0 Å². The van der Waals surface area contributed by atoms with Crippen LogP contribution in [0.15, 0.2) is 24.3 Å². The number of carbonyl (C=O) groups excluding carboxylic acids is 1. The molecule has 1 heterocycles. The molecule has 2 rings (SSSR count). The summed E-state index contributed by atoms with van der Waals surface area (Å²) < 4.78 is 5.74. The number of hydrazine groups is 2. The first-order valence-corrected chi connectivity index (χ1v) is 7.27. The highest BCUT2D eigenvalue weighted by Crippen LogP contribution is 2.30. The lowest BCUT2D eigenvalue weighted by Crippen LogP contribution is -2.41. The number of nitrogens with two attached hydrogens (primary N) is 1. The summed E-state index contributed by atoms with van der Waals surface area (Å²) in [4.78, 5) is 12.0. The number of ether oxygens (including phenoxy) is 1. The molecule has 0 saturated carbocycles. The van der Waals surface area contributed by atoms with E-state index in [0.717, 1.165) is 11.3 Å². The van der Waals surface area contributed by atoms with Gasteiger partial charge in [-0.15, -0.1) is 0 Å².